The molecule has 0 radical (unpaired) electrons. The van der Waals surface area contributed by atoms with Gasteiger partial charge >= 0.3 is 18.1 Å². The molecule has 0 bridgehead atoms. The number of nitrogens with one attached hydrogen (secondary N) is 1. The van der Waals surface area contributed by atoms with Crippen molar-refractivity contribution in [1.82, 2.24) is 0 Å². The normalized spacial score (nSPS) is 12.1. The van der Waals surface area contributed by atoms with Gasteiger partial charge in [-0.2, -0.15) is 13.2 Å². The molecule has 3 rings (SSSR count). The van der Waals surface area contributed by atoms with Crippen molar-refractivity contribution >= 4 is 41.3 Å². The van der Waals surface area contributed by atoms with Gasteiger partial charge in [0.25, 0.3) is 5.91 Å². The molecule has 0 heterocycles. The summed E-state index contributed by atoms with van der Waals surface area (Å²) in [4.78, 5) is 67.9. The second-order valence-corrected chi connectivity index (χ2v) is 11.7. The zero-order chi connectivity index (χ0) is 36.5. The first-order chi connectivity index (χ1) is 23.2. The molecule has 0 saturated heterocycles. The van der Waals surface area contributed by atoms with Gasteiger partial charge in [0.05, 0.1) is 35.7 Å². The summed E-state index contributed by atoms with van der Waals surface area (Å²) in [6.45, 7) is 6.59. The first kappa shape index (κ1) is 38.4. The van der Waals surface area contributed by atoms with E-state index in [1.165, 1.54) is 18.2 Å². The highest BCUT2D eigenvalue weighted by atomic mass is 19.4. The van der Waals surface area contributed by atoms with E-state index in [1.54, 1.807) is 77.0 Å². The van der Waals surface area contributed by atoms with Gasteiger partial charge in [-0.1, -0.05) is 62.7 Å². The number of hydrogen-bond acceptors (Lipinski definition) is 8. The van der Waals surface area contributed by atoms with Gasteiger partial charge in [0.1, 0.15) is 5.78 Å². The fraction of sp³-hybridized carbons (Fsp3) is 0.378. The predicted molar refractivity (Wildman–Crippen MR) is 179 cm³/mol. The third-order valence-corrected chi connectivity index (χ3v) is 8.39. The Kier molecular flexibility index (Phi) is 12.9. The third-order valence-electron chi connectivity index (χ3n) is 8.39. The van der Waals surface area contributed by atoms with Crippen molar-refractivity contribution in [2.45, 2.75) is 53.1 Å². The van der Waals surface area contributed by atoms with Crippen LogP contribution in [0.25, 0.3) is 11.1 Å². The molecule has 1 N–H and O–H groups in total. The standard InChI is InChI=1S/C37H41F3N2O7/c1-7-23(4)36(34(46)48-8-2,35(47)49-9-3)21-27(44)19-25-15-18-31(30(22-43)32(25)42(5)6)41-33(45)29-20-26(37(38,39)40)16-17-28(29)24-13-11-10-12-14-24/h10-18,20,22-23H,7-9,19,21H2,1-6H3,(H,41,45). The number of nitrogens with zero attached hydrogens (tertiary/aromatic N) is 1. The Hall–Kier alpha value is -5.00. The molecule has 9 nitrogen and oxygen atoms in total. The summed E-state index contributed by atoms with van der Waals surface area (Å²) in [5.41, 5.74) is -1.82. The minimum Gasteiger partial charge on any atom is -0.465 e. The molecule has 1 atom stereocenters. The third kappa shape index (κ3) is 8.54. The number of esters is 2. The van der Waals surface area contributed by atoms with E-state index in [2.05, 4.69) is 5.32 Å². The number of ketones is 1. The average Bonchev–Trinajstić information content (AvgIpc) is 3.06. The van der Waals surface area contributed by atoms with E-state index >= 15 is 0 Å². The SMILES string of the molecule is CCOC(=O)C(CC(=O)Cc1ccc(NC(=O)c2cc(C(F)(F)F)ccc2-c2ccccc2)c(C=O)c1N(C)C)(C(=O)OCC)C(C)CC. The topological polar surface area (TPSA) is 119 Å². The van der Waals surface area contributed by atoms with Crippen molar-refractivity contribution in [3.63, 3.8) is 0 Å². The van der Waals surface area contributed by atoms with Crippen molar-refractivity contribution in [2.24, 2.45) is 11.3 Å². The molecular weight excluding hydrogens is 641 g/mol. The summed E-state index contributed by atoms with van der Waals surface area (Å²) >= 11 is 0. The number of carbonyl (C=O) groups excluding carboxylic acids is 5. The van der Waals surface area contributed by atoms with E-state index in [1.807, 2.05) is 0 Å². The van der Waals surface area contributed by atoms with E-state index in [9.17, 15) is 37.1 Å². The van der Waals surface area contributed by atoms with Crippen LogP contribution >= 0.6 is 0 Å². The number of anilines is 2. The van der Waals surface area contributed by atoms with Crippen molar-refractivity contribution in [1.29, 1.82) is 0 Å². The summed E-state index contributed by atoms with van der Waals surface area (Å²) in [5, 5.41) is 2.59. The minimum absolute atomic E-state index is 0.00308. The molecule has 0 aliphatic heterocycles. The smallest absolute Gasteiger partial charge is 0.416 e. The molecule has 49 heavy (non-hydrogen) atoms. The van der Waals surface area contributed by atoms with Crippen LogP contribution in [0.2, 0.25) is 0 Å². The molecule has 0 aliphatic carbocycles. The van der Waals surface area contributed by atoms with Crippen LogP contribution < -0.4 is 10.2 Å². The molecular formula is C37H41F3N2O7. The van der Waals surface area contributed by atoms with Gasteiger partial charge in [-0.15, -0.1) is 0 Å². The van der Waals surface area contributed by atoms with Crippen LogP contribution in [0.3, 0.4) is 0 Å². The lowest BCUT2D eigenvalue weighted by molar-refractivity contribution is -0.178. The van der Waals surface area contributed by atoms with Gasteiger partial charge in [-0.05, 0) is 54.7 Å². The van der Waals surface area contributed by atoms with Gasteiger partial charge in [0.15, 0.2) is 11.7 Å². The summed E-state index contributed by atoms with van der Waals surface area (Å²) in [5.74, 6) is -3.72. The largest absolute Gasteiger partial charge is 0.465 e. The van der Waals surface area contributed by atoms with Crippen molar-refractivity contribution in [2.75, 3.05) is 37.5 Å². The van der Waals surface area contributed by atoms with Gasteiger partial charge in [0.2, 0.25) is 0 Å². The van der Waals surface area contributed by atoms with Crippen LogP contribution in [0, 0.1) is 11.3 Å². The lowest BCUT2D eigenvalue weighted by Gasteiger charge is -2.33. The maximum absolute atomic E-state index is 13.7. The summed E-state index contributed by atoms with van der Waals surface area (Å²) in [6, 6.07) is 14.2. The predicted octanol–water partition coefficient (Wildman–Crippen LogP) is 7.16. The van der Waals surface area contributed by atoms with Gasteiger partial charge in [-0.25, -0.2) is 0 Å². The van der Waals surface area contributed by atoms with Gasteiger partial charge in [-0.3, -0.25) is 24.0 Å². The molecule has 0 spiro atoms. The average molecular weight is 683 g/mol. The Morgan fingerprint density at radius 1 is 0.898 bits per heavy atom. The quantitative estimate of drug-likeness (QED) is 0.102. The van der Waals surface area contributed by atoms with Crippen LogP contribution in [-0.4, -0.2) is 57.2 Å². The number of hydrogen-bond donors (Lipinski definition) is 1. The van der Waals surface area contributed by atoms with Crippen LogP contribution in [0.5, 0.6) is 0 Å². The van der Waals surface area contributed by atoms with Gasteiger partial charge < -0.3 is 19.7 Å². The molecule has 3 aromatic rings. The Bertz CT molecular complexity index is 1670. The fourth-order valence-corrected chi connectivity index (χ4v) is 5.78. The van der Waals surface area contributed by atoms with Crippen molar-refractivity contribution < 1.29 is 46.6 Å². The summed E-state index contributed by atoms with van der Waals surface area (Å²) < 4.78 is 51.5. The van der Waals surface area contributed by atoms with Crippen LogP contribution in [0.4, 0.5) is 24.5 Å². The summed E-state index contributed by atoms with van der Waals surface area (Å²) in [6.07, 6.45) is -4.68. The maximum Gasteiger partial charge on any atom is 0.416 e. The number of carbonyl (C=O) groups is 5. The Morgan fingerprint density at radius 3 is 2.02 bits per heavy atom. The highest BCUT2D eigenvalue weighted by molar-refractivity contribution is 6.11. The molecule has 12 heteroatoms. The monoisotopic (exact) mass is 682 g/mol. The molecule has 0 aliphatic rings. The van der Waals surface area contributed by atoms with E-state index in [4.69, 9.17) is 9.47 Å². The number of alkyl halides is 3. The number of aldehydes is 1. The molecule has 0 aromatic heterocycles. The molecule has 1 amide bonds. The first-order valence-electron chi connectivity index (χ1n) is 15.9. The minimum atomic E-state index is -4.71. The number of benzene rings is 3. The van der Waals surface area contributed by atoms with E-state index < -0.39 is 53.1 Å². The molecule has 0 saturated carbocycles. The van der Waals surface area contributed by atoms with Crippen LogP contribution in [-0.2, 0) is 36.5 Å². The lowest BCUT2D eigenvalue weighted by Crippen LogP contribution is -2.48. The number of halogens is 3. The molecule has 3 aromatic carbocycles. The number of ether oxygens (including phenoxy) is 2. The Morgan fingerprint density at radius 2 is 1.51 bits per heavy atom. The van der Waals surface area contributed by atoms with E-state index in [0.717, 1.165) is 12.1 Å². The van der Waals surface area contributed by atoms with E-state index in [-0.39, 0.29) is 47.7 Å². The number of amides is 1. The highest BCUT2D eigenvalue weighted by Gasteiger charge is 2.53. The summed E-state index contributed by atoms with van der Waals surface area (Å²) in [7, 11) is 3.23. The molecule has 1 unspecified atom stereocenters. The zero-order valence-corrected chi connectivity index (χ0v) is 28.4. The fourth-order valence-electron chi connectivity index (χ4n) is 5.78. The molecule has 0 fully saturated rings. The second kappa shape index (κ2) is 16.4. The Balaban J connectivity index is 2.06. The van der Waals surface area contributed by atoms with Crippen LogP contribution in [0.15, 0.2) is 60.7 Å². The number of rotatable bonds is 15. The van der Waals surface area contributed by atoms with E-state index in [0.29, 0.717) is 23.8 Å². The van der Waals surface area contributed by atoms with Crippen molar-refractivity contribution in [3.8, 4) is 11.1 Å². The van der Waals surface area contributed by atoms with Crippen molar-refractivity contribution in [3.05, 3.63) is 82.9 Å². The first-order valence-corrected chi connectivity index (χ1v) is 15.9. The Labute approximate surface area is 283 Å². The lowest BCUT2D eigenvalue weighted by atomic mass is 9.70. The second-order valence-electron chi connectivity index (χ2n) is 11.7. The zero-order valence-electron chi connectivity index (χ0n) is 28.4. The van der Waals surface area contributed by atoms with Gasteiger partial charge in [0, 0.05) is 32.5 Å². The van der Waals surface area contributed by atoms with Crippen LogP contribution in [0.1, 0.15) is 72.4 Å². The molecule has 262 valence electrons. The highest BCUT2D eigenvalue weighted by Crippen LogP contribution is 2.39. The maximum atomic E-state index is 13.7. The number of Topliss-reactive ketones (excluding diaryl/α,β-unsaturated/α-hetero) is 1.